The molecular formula is C14H16BrClN2O2. The molecule has 2 aromatic rings. The van der Waals surface area contributed by atoms with Crippen LogP contribution in [0, 0.1) is 0 Å². The van der Waals surface area contributed by atoms with E-state index >= 15 is 0 Å². The van der Waals surface area contributed by atoms with E-state index in [4.69, 9.17) is 16.3 Å². The Morgan fingerprint density at radius 1 is 1.40 bits per heavy atom. The van der Waals surface area contributed by atoms with Crippen molar-refractivity contribution in [3.63, 3.8) is 0 Å². The van der Waals surface area contributed by atoms with E-state index in [0.717, 1.165) is 4.47 Å². The lowest BCUT2D eigenvalue weighted by Gasteiger charge is -2.19. The molecule has 0 saturated heterocycles. The number of aliphatic hydroxyl groups is 1. The topological polar surface area (TPSA) is 47.3 Å². The summed E-state index contributed by atoms with van der Waals surface area (Å²) in [6.45, 7) is 3.97. The smallest absolute Gasteiger partial charge is 0.126 e. The van der Waals surface area contributed by atoms with Gasteiger partial charge in [-0.1, -0.05) is 33.6 Å². The Labute approximate surface area is 131 Å². The quantitative estimate of drug-likeness (QED) is 0.898. The van der Waals surface area contributed by atoms with Gasteiger partial charge in [0.15, 0.2) is 0 Å². The molecule has 108 valence electrons. The molecule has 4 nitrogen and oxygen atoms in total. The van der Waals surface area contributed by atoms with Gasteiger partial charge in [0.1, 0.15) is 11.9 Å². The lowest BCUT2D eigenvalue weighted by Crippen LogP contribution is -2.13. The third-order valence-corrected chi connectivity index (χ3v) is 3.81. The van der Waals surface area contributed by atoms with Crippen LogP contribution >= 0.6 is 27.5 Å². The number of rotatable bonds is 4. The molecule has 1 unspecified atom stereocenters. The third-order valence-electron chi connectivity index (χ3n) is 3.03. The van der Waals surface area contributed by atoms with Crippen molar-refractivity contribution in [3.8, 4) is 5.75 Å². The molecule has 1 atom stereocenters. The second kappa shape index (κ2) is 6.16. The van der Waals surface area contributed by atoms with E-state index in [1.807, 2.05) is 32.0 Å². The fourth-order valence-corrected chi connectivity index (χ4v) is 2.65. The summed E-state index contributed by atoms with van der Waals surface area (Å²) in [7, 11) is 1.57. The molecule has 0 fully saturated rings. The van der Waals surface area contributed by atoms with Crippen molar-refractivity contribution in [1.82, 2.24) is 9.78 Å². The van der Waals surface area contributed by atoms with Gasteiger partial charge in [0.05, 0.1) is 24.0 Å². The van der Waals surface area contributed by atoms with Crippen LogP contribution in [-0.4, -0.2) is 22.0 Å². The van der Waals surface area contributed by atoms with Gasteiger partial charge >= 0.3 is 0 Å². The lowest BCUT2D eigenvalue weighted by molar-refractivity contribution is 0.200. The lowest BCUT2D eigenvalue weighted by atomic mass is 10.0. The van der Waals surface area contributed by atoms with Crippen molar-refractivity contribution < 1.29 is 9.84 Å². The van der Waals surface area contributed by atoms with Crippen LogP contribution in [0.5, 0.6) is 5.75 Å². The first-order valence-corrected chi connectivity index (χ1v) is 7.37. The molecule has 1 N–H and O–H groups in total. The molecule has 1 heterocycles. The molecule has 2 rings (SSSR count). The number of hydrogen-bond acceptors (Lipinski definition) is 3. The van der Waals surface area contributed by atoms with Gasteiger partial charge < -0.3 is 9.84 Å². The zero-order valence-electron chi connectivity index (χ0n) is 11.5. The normalized spacial score (nSPS) is 12.8. The summed E-state index contributed by atoms with van der Waals surface area (Å²) in [4.78, 5) is 0. The van der Waals surface area contributed by atoms with Crippen molar-refractivity contribution in [2.45, 2.75) is 26.0 Å². The number of ether oxygens (including phenoxy) is 1. The van der Waals surface area contributed by atoms with Crippen molar-refractivity contribution in [1.29, 1.82) is 0 Å². The van der Waals surface area contributed by atoms with E-state index in [2.05, 4.69) is 21.0 Å². The van der Waals surface area contributed by atoms with Gasteiger partial charge in [-0.2, -0.15) is 5.10 Å². The van der Waals surface area contributed by atoms with Crippen molar-refractivity contribution >= 4 is 27.5 Å². The zero-order valence-corrected chi connectivity index (χ0v) is 13.8. The predicted octanol–water partition coefficient (Wildman–Crippen LogP) is 3.97. The van der Waals surface area contributed by atoms with Gasteiger partial charge in [0.25, 0.3) is 0 Å². The summed E-state index contributed by atoms with van der Waals surface area (Å²) < 4.78 is 7.92. The summed E-state index contributed by atoms with van der Waals surface area (Å²) in [5.74, 6) is 0.597. The number of aromatic nitrogens is 2. The number of aliphatic hydroxyl groups excluding tert-OH is 1. The van der Waals surface area contributed by atoms with Gasteiger partial charge in [-0.25, -0.2) is 0 Å². The Bertz CT molecular complexity index is 613. The maximum Gasteiger partial charge on any atom is 0.126 e. The highest BCUT2D eigenvalue weighted by molar-refractivity contribution is 9.10. The number of benzene rings is 1. The zero-order chi connectivity index (χ0) is 14.9. The van der Waals surface area contributed by atoms with Crippen LogP contribution in [0.3, 0.4) is 0 Å². The Kier molecular flexibility index (Phi) is 4.73. The van der Waals surface area contributed by atoms with Crippen LogP contribution in [-0.2, 0) is 0 Å². The minimum Gasteiger partial charge on any atom is -0.496 e. The molecule has 0 aliphatic rings. The number of halogens is 2. The minimum atomic E-state index is -0.893. The number of hydrogen-bond donors (Lipinski definition) is 1. The van der Waals surface area contributed by atoms with Gasteiger partial charge in [-0.3, -0.25) is 4.68 Å². The maximum atomic E-state index is 10.7. The van der Waals surface area contributed by atoms with Crippen molar-refractivity contribution in [3.05, 3.63) is 45.1 Å². The molecule has 1 aromatic carbocycles. The van der Waals surface area contributed by atoms with E-state index in [0.29, 0.717) is 22.0 Å². The molecular weight excluding hydrogens is 344 g/mol. The first-order chi connectivity index (χ1) is 9.45. The molecule has 6 heteroatoms. The summed E-state index contributed by atoms with van der Waals surface area (Å²) >= 11 is 9.55. The van der Waals surface area contributed by atoms with Gasteiger partial charge in [-0.05, 0) is 26.0 Å². The van der Waals surface area contributed by atoms with Gasteiger partial charge in [0, 0.05) is 16.1 Å². The summed E-state index contributed by atoms with van der Waals surface area (Å²) in [6.07, 6.45) is 0.654. The van der Waals surface area contributed by atoms with E-state index in [1.165, 1.54) is 0 Å². The van der Waals surface area contributed by atoms with E-state index in [-0.39, 0.29) is 6.04 Å². The average molecular weight is 360 g/mol. The average Bonchev–Trinajstić information content (AvgIpc) is 2.79. The van der Waals surface area contributed by atoms with E-state index < -0.39 is 6.10 Å². The van der Waals surface area contributed by atoms with Crippen molar-refractivity contribution in [2.24, 2.45) is 0 Å². The molecule has 0 radical (unpaired) electrons. The van der Waals surface area contributed by atoms with E-state index in [1.54, 1.807) is 18.0 Å². The number of methoxy groups -OCH3 is 1. The summed E-state index contributed by atoms with van der Waals surface area (Å²) in [5, 5.41) is 15.3. The summed E-state index contributed by atoms with van der Waals surface area (Å²) in [6, 6.07) is 5.57. The largest absolute Gasteiger partial charge is 0.496 e. The molecule has 1 aromatic heterocycles. The Hall–Kier alpha value is -1.04. The molecule has 0 aliphatic carbocycles. The van der Waals surface area contributed by atoms with Crippen molar-refractivity contribution in [2.75, 3.05) is 7.11 Å². The fraction of sp³-hybridized carbons (Fsp3) is 0.357. The SMILES string of the molecule is COc1cc(Br)ccc1C(O)c1c(Cl)cnn1C(C)C. The highest BCUT2D eigenvalue weighted by Gasteiger charge is 2.24. The Morgan fingerprint density at radius 2 is 2.10 bits per heavy atom. The molecule has 0 bridgehead atoms. The molecule has 20 heavy (non-hydrogen) atoms. The van der Waals surface area contributed by atoms with Crippen LogP contribution in [0.25, 0.3) is 0 Å². The monoisotopic (exact) mass is 358 g/mol. The van der Waals surface area contributed by atoms with E-state index in [9.17, 15) is 5.11 Å². The Morgan fingerprint density at radius 3 is 2.70 bits per heavy atom. The minimum absolute atomic E-state index is 0.105. The third kappa shape index (κ3) is 2.85. The van der Waals surface area contributed by atoms with Crippen LogP contribution < -0.4 is 4.74 Å². The molecule has 0 spiro atoms. The molecule has 0 saturated carbocycles. The highest BCUT2D eigenvalue weighted by atomic mass is 79.9. The second-order valence-corrected chi connectivity index (χ2v) is 6.03. The Balaban J connectivity index is 2.51. The van der Waals surface area contributed by atoms with Crippen LogP contribution in [0.1, 0.15) is 37.3 Å². The number of nitrogens with zero attached hydrogens (tertiary/aromatic N) is 2. The van der Waals surface area contributed by atoms with Gasteiger partial charge in [-0.15, -0.1) is 0 Å². The molecule has 0 aliphatic heterocycles. The summed E-state index contributed by atoms with van der Waals surface area (Å²) in [5.41, 5.74) is 1.22. The van der Waals surface area contributed by atoms with Crippen LogP contribution in [0.15, 0.2) is 28.9 Å². The van der Waals surface area contributed by atoms with Gasteiger partial charge in [0.2, 0.25) is 0 Å². The van der Waals surface area contributed by atoms with Crippen LogP contribution in [0.2, 0.25) is 5.02 Å². The first-order valence-electron chi connectivity index (χ1n) is 6.20. The highest BCUT2D eigenvalue weighted by Crippen LogP contribution is 2.35. The first kappa shape index (κ1) is 15.4. The predicted molar refractivity (Wildman–Crippen MR) is 82.4 cm³/mol. The standard InChI is InChI=1S/C14H16BrClN2O2/c1-8(2)18-13(11(16)7-17-18)14(19)10-5-4-9(15)6-12(10)20-3/h4-8,14,19H,1-3H3. The van der Waals surface area contributed by atoms with Crippen LogP contribution in [0.4, 0.5) is 0 Å². The maximum absolute atomic E-state index is 10.7. The molecule has 0 amide bonds. The fourth-order valence-electron chi connectivity index (χ4n) is 2.08. The second-order valence-electron chi connectivity index (χ2n) is 4.70.